The first-order chi connectivity index (χ1) is 13.7. The Labute approximate surface area is 173 Å². The molecule has 0 saturated carbocycles. The summed E-state index contributed by atoms with van der Waals surface area (Å²) in [6.45, 7) is 2.13. The summed E-state index contributed by atoms with van der Waals surface area (Å²) in [5.74, 6) is 0. The van der Waals surface area contributed by atoms with Crippen molar-refractivity contribution in [3.63, 3.8) is 0 Å². The summed E-state index contributed by atoms with van der Waals surface area (Å²) in [7, 11) is -4.50. The molecule has 0 aliphatic carbocycles. The zero-order valence-electron chi connectivity index (χ0n) is 16.7. The van der Waals surface area contributed by atoms with Crippen molar-refractivity contribution in [2.24, 2.45) is 0 Å². The highest BCUT2D eigenvalue weighted by molar-refractivity contribution is 7.89. The predicted octanol–water partition coefficient (Wildman–Crippen LogP) is 2.41. The van der Waals surface area contributed by atoms with E-state index in [0.29, 0.717) is 0 Å². The van der Waals surface area contributed by atoms with Gasteiger partial charge in [0, 0.05) is 39.4 Å². The number of nitrogens with zero attached hydrogens (tertiary/aromatic N) is 2. The molecule has 1 saturated heterocycles. The average Bonchev–Trinajstić information content (AvgIpc) is 2.73. The predicted molar refractivity (Wildman–Crippen MR) is 114 cm³/mol. The van der Waals surface area contributed by atoms with Gasteiger partial charge in [-0.2, -0.15) is 0 Å². The van der Waals surface area contributed by atoms with Crippen LogP contribution in [0, 0.1) is 0 Å². The van der Waals surface area contributed by atoms with Gasteiger partial charge in [-0.3, -0.25) is 0 Å². The first kappa shape index (κ1) is 21.8. The summed E-state index contributed by atoms with van der Waals surface area (Å²) in [5, 5.41) is 0. The molecular formula is C20H27N3O4S2. The Hall–Kier alpha value is -1.94. The van der Waals surface area contributed by atoms with Crippen LogP contribution < -0.4 is 9.62 Å². The van der Waals surface area contributed by atoms with Gasteiger partial charge in [-0.15, -0.1) is 0 Å². The number of para-hydroxylation sites is 1. The average molecular weight is 438 g/mol. The van der Waals surface area contributed by atoms with Gasteiger partial charge in [-0.1, -0.05) is 18.2 Å². The Morgan fingerprint density at radius 1 is 0.862 bits per heavy atom. The topological polar surface area (TPSA) is 86.8 Å². The molecule has 7 nitrogen and oxygen atoms in total. The fourth-order valence-corrected chi connectivity index (χ4v) is 5.27. The summed E-state index contributed by atoms with van der Waals surface area (Å²) < 4.78 is 53.4. The minimum absolute atomic E-state index is 0.0330. The standard InChI is InChI=1S/C20H27N3O4S2/c1-22(2)29(26,27)19-12-10-18(11-13-19)28(24,25)21-16-17-8-4-5-9-20(17)23-14-6-3-7-15-23/h4-5,8-13,21H,3,6-7,14-16H2,1-2H3. The van der Waals surface area contributed by atoms with E-state index in [0.717, 1.165) is 41.5 Å². The van der Waals surface area contributed by atoms with Crippen LogP contribution in [0.3, 0.4) is 0 Å². The first-order valence-electron chi connectivity index (χ1n) is 9.57. The molecule has 0 bridgehead atoms. The molecule has 0 aromatic heterocycles. The van der Waals surface area contributed by atoms with E-state index in [9.17, 15) is 16.8 Å². The van der Waals surface area contributed by atoms with Crippen LogP contribution in [0.25, 0.3) is 0 Å². The number of benzene rings is 2. The number of sulfonamides is 2. The fraction of sp³-hybridized carbons (Fsp3) is 0.400. The van der Waals surface area contributed by atoms with Gasteiger partial charge in [-0.25, -0.2) is 25.9 Å². The monoisotopic (exact) mass is 437 g/mol. The number of hydrogen-bond acceptors (Lipinski definition) is 5. The van der Waals surface area contributed by atoms with Crippen molar-refractivity contribution in [3.05, 3.63) is 54.1 Å². The summed E-state index contributed by atoms with van der Waals surface area (Å²) in [6.07, 6.45) is 3.51. The van der Waals surface area contributed by atoms with Gasteiger partial charge in [0.15, 0.2) is 0 Å². The Morgan fingerprint density at radius 2 is 1.45 bits per heavy atom. The molecule has 2 aromatic rings. The third kappa shape index (κ3) is 4.98. The number of nitrogens with one attached hydrogen (secondary N) is 1. The lowest BCUT2D eigenvalue weighted by atomic mass is 10.1. The van der Waals surface area contributed by atoms with Crippen LogP contribution in [0.5, 0.6) is 0 Å². The maximum Gasteiger partial charge on any atom is 0.242 e. The van der Waals surface area contributed by atoms with Gasteiger partial charge in [0.05, 0.1) is 9.79 Å². The van der Waals surface area contributed by atoms with Crippen molar-refractivity contribution in [2.45, 2.75) is 35.6 Å². The fourth-order valence-electron chi connectivity index (χ4n) is 3.36. The van der Waals surface area contributed by atoms with Gasteiger partial charge in [0.1, 0.15) is 0 Å². The molecular weight excluding hydrogens is 410 g/mol. The van der Waals surface area contributed by atoms with Crippen LogP contribution in [0.2, 0.25) is 0 Å². The molecule has 1 heterocycles. The van der Waals surface area contributed by atoms with E-state index >= 15 is 0 Å². The zero-order valence-corrected chi connectivity index (χ0v) is 18.3. The van der Waals surface area contributed by atoms with E-state index in [1.807, 2.05) is 24.3 Å². The van der Waals surface area contributed by atoms with E-state index in [1.54, 1.807) is 0 Å². The number of piperidine rings is 1. The smallest absolute Gasteiger partial charge is 0.242 e. The Bertz CT molecular complexity index is 1040. The van der Waals surface area contributed by atoms with Crippen LogP contribution >= 0.6 is 0 Å². The Balaban J connectivity index is 1.76. The Kier molecular flexibility index (Phi) is 6.62. The van der Waals surface area contributed by atoms with Gasteiger partial charge in [-0.05, 0) is 55.2 Å². The third-order valence-electron chi connectivity index (χ3n) is 5.05. The van der Waals surface area contributed by atoms with Crippen LogP contribution in [0.15, 0.2) is 58.3 Å². The molecule has 1 N–H and O–H groups in total. The normalized spacial score (nSPS) is 15.6. The van der Waals surface area contributed by atoms with E-state index in [2.05, 4.69) is 9.62 Å². The summed E-state index contributed by atoms with van der Waals surface area (Å²) >= 11 is 0. The highest BCUT2D eigenvalue weighted by Crippen LogP contribution is 2.24. The maximum atomic E-state index is 12.7. The van der Waals surface area contributed by atoms with Gasteiger partial charge < -0.3 is 4.90 Å². The number of rotatable bonds is 7. The molecule has 0 atom stereocenters. The minimum atomic E-state index is -3.77. The SMILES string of the molecule is CN(C)S(=O)(=O)c1ccc(S(=O)(=O)NCc2ccccc2N2CCCCC2)cc1. The van der Waals surface area contributed by atoms with Gasteiger partial charge in [0.2, 0.25) is 20.0 Å². The molecule has 29 heavy (non-hydrogen) atoms. The molecule has 3 rings (SSSR count). The summed E-state index contributed by atoms with van der Waals surface area (Å²) in [4.78, 5) is 2.39. The molecule has 0 unspecified atom stereocenters. The van der Waals surface area contributed by atoms with Crippen LogP contribution in [0.1, 0.15) is 24.8 Å². The summed E-state index contributed by atoms with van der Waals surface area (Å²) in [6, 6.07) is 13.1. The molecule has 1 aliphatic heterocycles. The van der Waals surface area contributed by atoms with Crippen molar-refractivity contribution >= 4 is 25.7 Å². The lowest BCUT2D eigenvalue weighted by Crippen LogP contribution is -2.31. The second-order valence-corrected chi connectivity index (χ2v) is 11.2. The zero-order chi connectivity index (χ0) is 21.1. The second-order valence-electron chi connectivity index (χ2n) is 7.26. The third-order valence-corrected chi connectivity index (χ3v) is 8.30. The molecule has 1 fully saturated rings. The quantitative estimate of drug-likeness (QED) is 0.719. The highest BCUT2D eigenvalue weighted by atomic mass is 32.2. The minimum Gasteiger partial charge on any atom is -0.371 e. The molecule has 0 radical (unpaired) electrons. The first-order valence-corrected chi connectivity index (χ1v) is 12.5. The largest absolute Gasteiger partial charge is 0.371 e. The molecule has 0 spiro atoms. The number of hydrogen-bond donors (Lipinski definition) is 1. The maximum absolute atomic E-state index is 12.7. The lowest BCUT2D eigenvalue weighted by Gasteiger charge is -2.30. The summed E-state index contributed by atoms with van der Waals surface area (Å²) in [5.41, 5.74) is 1.98. The van der Waals surface area contributed by atoms with E-state index in [1.165, 1.54) is 44.8 Å². The van der Waals surface area contributed by atoms with Crippen molar-refractivity contribution in [2.75, 3.05) is 32.1 Å². The highest BCUT2D eigenvalue weighted by Gasteiger charge is 2.20. The second kappa shape index (κ2) is 8.83. The van der Waals surface area contributed by atoms with Crippen molar-refractivity contribution < 1.29 is 16.8 Å². The van der Waals surface area contributed by atoms with Crippen LogP contribution in [-0.4, -0.2) is 48.3 Å². The van der Waals surface area contributed by atoms with Crippen molar-refractivity contribution in [1.29, 1.82) is 0 Å². The molecule has 158 valence electrons. The van der Waals surface area contributed by atoms with Gasteiger partial charge in [0.25, 0.3) is 0 Å². The Morgan fingerprint density at radius 3 is 2.07 bits per heavy atom. The van der Waals surface area contributed by atoms with E-state index in [4.69, 9.17) is 0 Å². The van der Waals surface area contributed by atoms with E-state index < -0.39 is 20.0 Å². The molecule has 1 aliphatic rings. The number of anilines is 1. The van der Waals surface area contributed by atoms with Crippen molar-refractivity contribution in [1.82, 2.24) is 9.03 Å². The van der Waals surface area contributed by atoms with Crippen LogP contribution in [-0.2, 0) is 26.6 Å². The van der Waals surface area contributed by atoms with Crippen molar-refractivity contribution in [3.8, 4) is 0 Å². The molecule has 0 amide bonds. The molecule has 2 aromatic carbocycles. The molecule has 9 heteroatoms. The van der Waals surface area contributed by atoms with Gasteiger partial charge >= 0.3 is 0 Å². The lowest BCUT2D eigenvalue weighted by molar-refractivity contribution is 0.520. The van der Waals surface area contributed by atoms with E-state index in [-0.39, 0.29) is 16.3 Å². The van der Waals surface area contributed by atoms with Crippen LogP contribution in [0.4, 0.5) is 5.69 Å².